The minimum Gasteiger partial charge on any atom is -0.447 e. The van der Waals surface area contributed by atoms with Crippen molar-refractivity contribution in [3.63, 3.8) is 0 Å². The summed E-state index contributed by atoms with van der Waals surface area (Å²) in [7, 11) is 0. The Morgan fingerprint density at radius 3 is 3.00 bits per heavy atom. The molecule has 0 aliphatic heterocycles. The van der Waals surface area contributed by atoms with Gasteiger partial charge in [-0.05, 0) is 36.8 Å². The van der Waals surface area contributed by atoms with Crippen LogP contribution in [0, 0.1) is 19.1 Å². The molecule has 14 heavy (non-hydrogen) atoms. The van der Waals surface area contributed by atoms with E-state index in [4.69, 9.17) is 4.42 Å². The Morgan fingerprint density at radius 1 is 1.14 bits per heavy atom. The van der Waals surface area contributed by atoms with Gasteiger partial charge in [0.2, 0.25) is 0 Å². The van der Waals surface area contributed by atoms with Gasteiger partial charge in [-0.2, -0.15) is 0 Å². The van der Waals surface area contributed by atoms with E-state index < -0.39 is 0 Å². The molecule has 0 N–H and O–H groups in total. The van der Waals surface area contributed by atoms with Crippen molar-refractivity contribution in [1.29, 1.82) is 0 Å². The van der Waals surface area contributed by atoms with E-state index >= 15 is 0 Å². The molecular formula is C13H8O. The van der Waals surface area contributed by atoms with Crippen molar-refractivity contribution >= 4 is 21.9 Å². The van der Waals surface area contributed by atoms with Crippen LogP contribution in [0.3, 0.4) is 0 Å². The maximum Gasteiger partial charge on any atom is 0.185 e. The van der Waals surface area contributed by atoms with Crippen molar-refractivity contribution in [3.05, 3.63) is 48.0 Å². The Bertz CT molecular complexity index is 605. The molecule has 3 aromatic rings. The normalized spacial score (nSPS) is 10.6. The van der Waals surface area contributed by atoms with Gasteiger partial charge >= 0.3 is 0 Å². The second-order valence-electron chi connectivity index (χ2n) is 3.45. The van der Waals surface area contributed by atoms with Gasteiger partial charge in [0, 0.05) is 10.8 Å². The maximum atomic E-state index is 5.65. The summed E-state index contributed by atoms with van der Waals surface area (Å²) in [5.41, 5.74) is 2.92. The topological polar surface area (TPSA) is 13.1 Å². The molecule has 66 valence electrons. The molecule has 2 aromatic carbocycles. The molecule has 0 saturated heterocycles. The quantitative estimate of drug-likeness (QED) is 0.516. The zero-order valence-corrected chi connectivity index (χ0v) is 7.79. The summed E-state index contributed by atoms with van der Waals surface area (Å²) in [5, 5.41) is 2.26. The standard InChI is InChI=1S/C13H8O/c1-9-6-7-11-10-4-2-3-5-12(10)14-13(11)8-9/h2,4,6-8H,1H3. The number of furan rings is 1. The number of hydrogen-bond donors (Lipinski definition) is 0. The summed E-state index contributed by atoms with van der Waals surface area (Å²) in [4.78, 5) is 0. The van der Waals surface area contributed by atoms with E-state index in [-0.39, 0.29) is 0 Å². The fourth-order valence-corrected chi connectivity index (χ4v) is 1.71. The molecule has 1 aromatic heterocycles. The third-order valence-electron chi connectivity index (χ3n) is 2.40. The van der Waals surface area contributed by atoms with Gasteiger partial charge in [-0.25, -0.2) is 0 Å². The van der Waals surface area contributed by atoms with E-state index in [9.17, 15) is 0 Å². The largest absolute Gasteiger partial charge is 0.447 e. The summed E-state index contributed by atoms with van der Waals surface area (Å²) in [6.45, 7) is 2.06. The Labute approximate surface area is 82.0 Å². The smallest absolute Gasteiger partial charge is 0.185 e. The first-order valence-electron chi connectivity index (χ1n) is 4.56. The molecule has 0 spiro atoms. The predicted molar refractivity (Wildman–Crippen MR) is 56.1 cm³/mol. The molecule has 3 rings (SSSR count). The summed E-state index contributed by atoms with van der Waals surface area (Å²) in [5.74, 6) is 0. The molecule has 0 aliphatic carbocycles. The highest BCUT2D eigenvalue weighted by Crippen LogP contribution is 2.27. The van der Waals surface area contributed by atoms with E-state index in [1.165, 1.54) is 5.56 Å². The van der Waals surface area contributed by atoms with Crippen LogP contribution in [0.15, 0.2) is 34.7 Å². The van der Waals surface area contributed by atoms with Crippen molar-refractivity contribution < 1.29 is 4.42 Å². The number of rotatable bonds is 0. The Balaban J connectivity index is 2.57. The maximum absolute atomic E-state index is 5.65. The lowest BCUT2D eigenvalue weighted by atomic mass is 10.1. The number of fused-ring (bicyclic) bond motifs is 3. The SMILES string of the molecule is Cc1ccc2c(c1)oc1c#cccc12. The van der Waals surface area contributed by atoms with Crippen molar-refractivity contribution in [2.45, 2.75) is 6.92 Å². The summed E-state index contributed by atoms with van der Waals surface area (Å²) >= 11 is 0. The second kappa shape index (κ2) is 2.52. The van der Waals surface area contributed by atoms with Gasteiger partial charge in [0.1, 0.15) is 5.58 Å². The van der Waals surface area contributed by atoms with Gasteiger partial charge in [-0.1, -0.05) is 18.2 Å². The lowest BCUT2D eigenvalue weighted by Crippen LogP contribution is -1.69. The molecule has 0 atom stereocenters. The number of hydrogen-bond acceptors (Lipinski definition) is 1. The summed E-state index contributed by atoms with van der Waals surface area (Å²) < 4.78 is 5.65. The highest BCUT2D eigenvalue weighted by atomic mass is 16.3. The Morgan fingerprint density at radius 2 is 2.07 bits per heavy atom. The third-order valence-corrected chi connectivity index (χ3v) is 2.40. The molecule has 1 heterocycles. The van der Waals surface area contributed by atoms with Gasteiger partial charge in [-0.3, -0.25) is 0 Å². The van der Waals surface area contributed by atoms with E-state index in [1.807, 2.05) is 18.2 Å². The zero-order valence-electron chi connectivity index (χ0n) is 7.79. The molecule has 1 nitrogen and oxygen atoms in total. The molecular weight excluding hydrogens is 172 g/mol. The van der Waals surface area contributed by atoms with E-state index in [1.54, 1.807) is 0 Å². The average Bonchev–Trinajstić information content (AvgIpc) is 2.54. The van der Waals surface area contributed by atoms with Crippen LogP contribution in [0.1, 0.15) is 5.56 Å². The highest BCUT2D eigenvalue weighted by molar-refractivity contribution is 6.04. The van der Waals surface area contributed by atoms with Crippen molar-refractivity contribution in [1.82, 2.24) is 0 Å². The minimum atomic E-state index is 0.785. The fraction of sp³-hybridized carbons (Fsp3) is 0.0769. The lowest BCUT2D eigenvalue weighted by Gasteiger charge is -1.90. The predicted octanol–water partition coefficient (Wildman–Crippen LogP) is 3.49. The van der Waals surface area contributed by atoms with Crippen LogP contribution in [-0.4, -0.2) is 0 Å². The molecule has 1 heteroatoms. The van der Waals surface area contributed by atoms with Crippen LogP contribution in [-0.2, 0) is 0 Å². The van der Waals surface area contributed by atoms with Gasteiger partial charge in [0.25, 0.3) is 0 Å². The first-order chi connectivity index (χ1) is 6.84. The first-order valence-corrected chi connectivity index (χ1v) is 4.56. The molecule has 0 aliphatic rings. The van der Waals surface area contributed by atoms with E-state index in [0.717, 1.165) is 21.9 Å². The Hall–Kier alpha value is -1.94. The van der Waals surface area contributed by atoms with Crippen LogP contribution in [0.4, 0.5) is 0 Å². The number of benzene rings is 1. The van der Waals surface area contributed by atoms with Crippen LogP contribution in [0.2, 0.25) is 0 Å². The number of aryl methyl sites for hydroxylation is 1. The molecule has 0 unspecified atom stereocenters. The van der Waals surface area contributed by atoms with Crippen molar-refractivity contribution in [3.8, 4) is 0 Å². The molecule has 0 saturated carbocycles. The molecule has 0 bridgehead atoms. The summed E-state index contributed by atoms with van der Waals surface area (Å²) in [6.07, 6.45) is 0. The second-order valence-corrected chi connectivity index (χ2v) is 3.45. The van der Waals surface area contributed by atoms with Gasteiger partial charge < -0.3 is 4.42 Å². The molecule has 0 amide bonds. The Kier molecular flexibility index (Phi) is 1.35. The van der Waals surface area contributed by atoms with Crippen LogP contribution < -0.4 is 0 Å². The van der Waals surface area contributed by atoms with Crippen molar-refractivity contribution in [2.75, 3.05) is 0 Å². The molecule has 0 fully saturated rings. The van der Waals surface area contributed by atoms with Gasteiger partial charge in [0.15, 0.2) is 5.58 Å². The third kappa shape index (κ3) is 0.914. The van der Waals surface area contributed by atoms with Crippen LogP contribution in [0.5, 0.6) is 0 Å². The zero-order chi connectivity index (χ0) is 9.54. The van der Waals surface area contributed by atoms with Gasteiger partial charge in [-0.15, -0.1) is 0 Å². The van der Waals surface area contributed by atoms with Crippen LogP contribution in [0.25, 0.3) is 21.9 Å². The van der Waals surface area contributed by atoms with E-state index in [0.29, 0.717) is 0 Å². The van der Waals surface area contributed by atoms with E-state index in [2.05, 4.69) is 31.2 Å². The monoisotopic (exact) mass is 180 g/mol. The highest BCUT2D eigenvalue weighted by Gasteiger charge is 2.04. The van der Waals surface area contributed by atoms with Crippen molar-refractivity contribution in [2.24, 2.45) is 0 Å². The van der Waals surface area contributed by atoms with Gasteiger partial charge in [0.05, 0.1) is 0 Å². The average molecular weight is 180 g/mol. The lowest BCUT2D eigenvalue weighted by molar-refractivity contribution is 0.669. The van der Waals surface area contributed by atoms with Crippen LogP contribution >= 0.6 is 0 Å². The first kappa shape index (κ1) is 7.46. The fourth-order valence-electron chi connectivity index (χ4n) is 1.71. The minimum absolute atomic E-state index is 0.785. The molecule has 0 radical (unpaired) electrons. The summed E-state index contributed by atoms with van der Waals surface area (Å²) in [6, 6.07) is 15.9.